The van der Waals surface area contributed by atoms with Crippen LogP contribution in [0.2, 0.25) is 10.3 Å². The van der Waals surface area contributed by atoms with Crippen LogP contribution in [0, 0.1) is 18.8 Å². The monoisotopic (exact) mass is 286 g/mol. The fraction of sp³-hybridized carbons (Fsp3) is 0.643. The molecule has 0 aromatic carbocycles. The van der Waals surface area contributed by atoms with Gasteiger partial charge in [-0.15, -0.1) is 0 Å². The zero-order chi connectivity index (χ0) is 13.1. The standard InChI is InChI=1S/C14H20Cl2N2/c1-9-4-3-5-11(6-9)8-17-13-10(2)7-12(15)18-14(13)16/h7,9,11,17H,3-6,8H2,1-2H3. The molecule has 4 heteroatoms. The third kappa shape index (κ3) is 3.52. The summed E-state index contributed by atoms with van der Waals surface area (Å²) in [5.41, 5.74) is 1.99. The number of rotatable bonds is 3. The minimum Gasteiger partial charge on any atom is -0.382 e. The number of aromatic nitrogens is 1. The third-order valence-electron chi connectivity index (χ3n) is 3.75. The second kappa shape index (κ2) is 6.12. The minimum absolute atomic E-state index is 0.453. The van der Waals surface area contributed by atoms with Crippen molar-refractivity contribution in [1.82, 2.24) is 4.98 Å². The van der Waals surface area contributed by atoms with Crippen LogP contribution < -0.4 is 5.32 Å². The molecule has 1 fully saturated rings. The molecule has 1 saturated carbocycles. The average Bonchev–Trinajstić information content (AvgIpc) is 2.27. The maximum absolute atomic E-state index is 6.12. The van der Waals surface area contributed by atoms with Gasteiger partial charge in [0.15, 0.2) is 5.15 Å². The van der Waals surface area contributed by atoms with Crippen LogP contribution >= 0.6 is 23.2 Å². The van der Waals surface area contributed by atoms with Crippen molar-refractivity contribution in [3.8, 4) is 0 Å². The Morgan fingerprint density at radius 3 is 2.83 bits per heavy atom. The van der Waals surface area contributed by atoms with Gasteiger partial charge in [0.25, 0.3) is 0 Å². The van der Waals surface area contributed by atoms with E-state index in [1.54, 1.807) is 0 Å². The molecule has 0 aliphatic heterocycles. The van der Waals surface area contributed by atoms with Crippen LogP contribution in [0.4, 0.5) is 5.69 Å². The van der Waals surface area contributed by atoms with Gasteiger partial charge in [-0.25, -0.2) is 4.98 Å². The summed E-state index contributed by atoms with van der Waals surface area (Å²) in [6, 6.07) is 1.85. The van der Waals surface area contributed by atoms with E-state index in [-0.39, 0.29) is 0 Å². The molecule has 18 heavy (non-hydrogen) atoms. The van der Waals surface area contributed by atoms with Gasteiger partial charge in [0.1, 0.15) is 5.15 Å². The van der Waals surface area contributed by atoms with Crippen LogP contribution in [0.3, 0.4) is 0 Å². The second-order valence-electron chi connectivity index (χ2n) is 5.45. The van der Waals surface area contributed by atoms with Crippen molar-refractivity contribution >= 4 is 28.9 Å². The van der Waals surface area contributed by atoms with Crippen LogP contribution in [-0.4, -0.2) is 11.5 Å². The fourth-order valence-electron chi connectivity index (χ4n) is 2.80. The highest BCUT2D eigenvalue weighted by molar-refractivity contribution is 6.34. The summed E-state index contributed by atoms with van der Waals surface area (Å²) >= 11 is 12.0. The molecule has 0 saturated heterocycles. The lowest BCUT2D eigenvalue weighted by Crippen LogP contribution is -2.21. The summed E-state index contributed by atoms with van der Waals surface area (Å²) in [4.78, 5) is 4.08. The van der Waals surface area contributed by atoms with Gasteiger partial charge in [0.05, 0.1) is 5.69 Å². The Morgan fingerprint density at radius 2 is 2.17 bits per heavy atom. The molecule has 2 atom stereocenters. The number of nitrogens with zero attached hydrogens (tertiary/aromatic N) is 1. The predicted octanol–water partition coefficient (Wildman–Crippen LogP) is 4.94. The van der Waals surface area contributed by atoms with E-state index in [1.807, 2.05) is 13.0 Å². The number of hydrogen-bond donors (Lipinski definition) is 1. The number of anilines is 1. The smallest absolute Gasteiger partial charge is 0.154 e. The molecule has 2 unspecified atom stereocenters. The number of pyridine rings is 1. The van der Waals surface area contributed by atoms with Gasteiger partial charge in [-0.1, -0.05) is 43.0 Å². The van der Waals surface area contributed by atoms with Crippen LogP contribution in [-0.2, 0) is 0 Å². The first-order chi connectivity index (χ1) is 8.56. The second-order valence-corrected chi connectivity index (χ2v) is 6.19. The third-order valence-corrected chi connectivity index (χ3v) is 4.22. The zero-order valence-corrected chi connectivity index (χ0v) is 12.5. The molecule has 0 amide bonds. The molecule has 100 valence electrons. The van der Waals surface area contributed by atoms with E-state index in [9.17, 15) is 0 Å². The van der Waals surface area contributed by atoms with Gasteiger partial charge in [-0.2, -0.15) is 0 Å². The SMILES string of the molecule is Cc1cc(Cl)nc(Cl)c1NCC1CCCC(C)C1. The molecule has 0 spiro atoms. The Labute approximate surface area is 119 Å². The normalized spacial score (nSPS) is 24.0. The van der Waals surface area contributed by atoms with E-state index in [0.29, 0.717) is 10.3 Å². The van der Waals surface area contributed by atoms with Gasteiger partial charge in [0.2, 0.25) is 0 Å². The minimum atomic E-state index is 0.453. The van der Waals surface area contributed by atoms with Crippen molar-refractivity contribution in [1.29, 1.82) is 0 Å². The predicted molar refractivity (Wildman–Crippen MR) is 78.6 cm³/mol. The Bertz CT molecular complexity index is 397. The largest absolute Gasteiger partial charge is 0.382 e. The van der Waals surface area contributed by atoms with E-state index in [1.165, 1.54) is 25.7 Å². The summed E-state index contributed by atoms with van der Waals surface area (Å²) in [5, 5.41) is 4.37. The molecule has 1 heterocycles. The summed E-state index contributed by atoms with van der Waals surface area (Å²) in [6.45, 7) is 5.33. The van der Waals surface area contributed by atoms with E-state index < -0.39 is 0 Å². The maximum Gasteiger partial charge on any atom is 0.154 e. The van der Waals surface area contributed by atoms with E-state index in [2.05, 4.69) is 17.2 Å². The first-order valence-electron chi connectivity index (χ1n) is 6.62. The maximum atomic E-state index is 6.12. The number of nitrogens with one attached hydrogen (secondary N) is 1. The summed E-state index contributed by atoms with van der Waals surface area (Å²) in [7, 11) is 0. The van der Waals surface area contributed by atoms with E-state index >= 15 is 0 Å². The van der Waals surface area contributed by atoms with Crippen molar-refractivity contribution in [3.05, 3.63) is 21.9 Å². The van der Waals surface area contributed by atoms with Crippen molar-refractivity contribution in [3.63, 3.8) is 0 Å². The van der Waals surface area contributed by atoms with Crippen molar-refractivity contribution in [2.45, 2.75) is 39.5 Å². The van der Waals surface area contributed by atoms with Crippen LogP contribution in [0.25, 0.3) is 0 Å². The lowest BCUT2D eigenvalue weighted by atomic mass is 9.82. The van der Waals surface area contributed by atoms with Gasteiger partial charge in [0, 0.05) is 6.54 Å². The molecular weight excluding hydrogens is 267 g/mol. The topological polar surface area (TPSA) is 24.9 Å². The van der Waals surface area contributed by atoms with Gasteiger partial charge < -0.3 is 5.32 Å². The fourth-order valence-corrected chi connectivity index (χ4v) is 3.40. The summed E-state index contributed by atoms with van der Waals surface area (Å²) < 4.78 is 0. The first kappa shape index (κ1) is 14.0. The molecule has 0 radical (unpaired) electrons. The van der Waals surface area contributed by atoms with Gasteiger partial charge >= 0.3 is 0 Å². The molecule has 1 aliphatic rings. The Kier molecular flexibility index (Phi) is 4.74. The lowest BCUT2D eigenvalue weighted by Gasteiger charge is -2.27. The summed E-state index contributed by atoms with van der Waals surface area (Å²) in [5.74, 6) is 1.60. The molecule has 2 rings (SSSR count). The quantitative estimate of drug-likeness (QED) is 0.797. The zero-order valence-electron chi connectivity index (χ0n) is 11.0. The molecule has 1 aromatic rings. The van der Waals surface area contributed by atoms with Crippen molar-refractivity contribution < 1.29 is 0 Å². The number of halogens is 2. The summed E-state index contributed by atoms with van der Waals surface area (Å²) in [6.07, 6.45) is 5.34. The average molecular weight is 287 g/mol. The van der Waals surface area contributed by atoms with E-state index in [0.717, 1.165) is 29.6 Å². The molecule has 1 aliphatic carbocycles. The van der Waals surface area contributed by atoms with Crippen molar-refractivity contribution in [2.24, 2.45) is 11.8 Å². The van der Waals surface area contributed by atoms with E-state index in [4.69, 9.17) is 23.2 Å². The first-order valence-corrected chi connectivity index (χ1v) is 7.38. The molecule has 2 nitrogen and oxygen atoms in total. The number of hydrogen-bond acceptors (Lipinski definition) is 2. The Morgan fingerprint density at radius 1 is 1.39 bits per heavy atom. The highest BCUT2D eigenvalue weighted by Gasteiger charge is 2.19. The molecular formula is C14H20Cl2N2. The van der Waals surface area contributed by atoms with Crippen LogP contribution in [0.15, 0.2) is 6.07 Å². The molecule has 0 bridgehead atoms. The highest BCUT2D eigenvalue weighted by atomic mass is 35.5. The van der Waals surface area contributed by atoms with Crippen molar-refractivity contribution in [2.75, 3.05) is 11.9 Å². The molecule has 1 N–H and O–H groups in total. The lowest BCUT2D eigenvalue weighted by molar-refractivity contribution is 0.293. The Balaban J connectivity index is 1.97. The number of aryl methyl sites for hydroxylation is 1. The highest BCUT2D eigenvalue weighted by Crippen LogP contribution is 2.31. The molecule has 1 aromatic heterocycles. The Hall–Kier alpha value is -0.470. The van der Waals surface area contributed by atoms with Gasteiger partial charge in [-0.3, -0.25) is 0 Å². The van der Waals surface area contributed by atoms with Crippen LogP contribution in [0.5, 0.6) is 0 Å². The van der Waals surface area contributed by atoms with Crippen LogP contribution in [0.1, 0.15) is 38.2 Å². The van der Waals surface area contributed by atoms with Gasteiger partial charge in [-0.05, 0) is 43.2 Å².